The van der Waals surface area contributed by atoms with Crippen LogP contribution in [0, 0.1) is 0 Å². The summed E-state index contributed by atoms with van der Waals surface area (Å²) in [4.78, 5) is 12.3. The summed E-state index contributed by atoms with van der Waals surface area (Å²) in [5.41, 5.74) is 0.958. The normalized spacial score (nSPS) is 15.2. The highest BCUT2D eigenvalue weighted by atomic mass is 16.6. The van der Waals surface area contributed by atoms with E-state index in [4.69, 9.17) is 14.2 Å². The number of para-hydroxylation sites is 1. The van der Waals surface area contributed by atoms with E-state index >= 15 is 0 Å². The minimum atomic E-state index is -0.577. The van der Waals surface area contributed by atoms with Gasteiger partial charge in [0.1, 0.15) is 19.0 Å². The van der Waals surface area contributed by atoms with Gasteiger partial charge in [-0.05, 0) is 43.7 Å². The molecule has 1 aliphatic heterocycles. The molecule has 24 heavy (non-hydrogen) atoms. The number of nitrogens with one attached hydrogen (secondary N) is 1. The van der Waals surface area contributed by atoms with E-state index in [0.29, 0.717) is 24.7 Å². The molecule has 1 aliphatic rings. The topological polar surface area (TPSA) is 56.8 Å². The molecule has 2 atom stereocenters. The molecule has 0 aliphatic carbocycles. The summed E-state index contributed by atoms with van der Waals surface area (Å²) < 4.78 is 16.7. The van der Waals surface area contributed by atoms with Crippen LogP contribution in [-0.2, 0) is 4.79 Å². The van der Waals surface area contributed by atoms with Crippen molar-refractivity contribution in [2.45, 2.75) is 26.0 Å². The first kappa shape index (κ1) is 16.2. The fourth-order valence-electron chi connectivity index (χ4n) is 2.50. The Morgan fingerprint density at radius 1 is 1.04 bits per heavy atom. The van der Waals surface area contributed by atoms with Crippen molar-refractivity contribution in [1.29, 1.82) is 0 Å². The van der Waals surface area contributed by atoms with Gasteiger partial charge in [0.25, 0.3) is 5.91 Å². The van der Waals surface area contributed by atoms with Crippen molar-refractivity contribution in [1.82, 2.24) is 5.32 Å². The lowest BCUT2D eigenvalue weighted by molar-refractivity contribution is -0.127. The molecule has 5 heteroatoms. The fourth-order valence-corrected chi connectivity index (χ4v) is 2.50. The lowest BCUT2D eigenvalue weighted by Crippen LogP contribution is -2.37. The van der Waals surface area contributed by atoms with Crippen LogP contribution in [0.1, 0.15) is 25.5 Å². The van der Waals surface area contributed by atoms with Gasteiger partial charge in [-0.3, -0.25) is 4.79 Å². The fraction of sp³-hybridized carbons (Fsp3) is 0.316. The first-order valence-corrected chi connectivity index (χ1v) is 8.05. The smallest absolute Gasteiger partial charge is 0.261 e. The van der Waals surface area contributed by atoms with E-state index in [1.165, 1.54) is 0 Å². The third-order valence-corrected chi connectivity index (χ3v) is 3.85. The Bertz CT molecular complexity index is 702. The van der Waals surface area contributed by atoms with Gasteiger partial charge in [0.15, 0.2) is 17.6 Å². The standard InChI is InChI=1S/C19H21NO4/c1-13(15-8-9-17-18(12-15)23-11-10-22-17)20-19(21)14(2)24-16-6-4-3-5-7-16/h3-9,12-14H,10-11H2,1-2H3,(H,20,21)/t13-,14-/m1/s1. The first-order chi connectivity index (χ1) is 11.6. The average Bonchev–Trinajstić information content (AvgIpc) is 2.62. The van der Waals surface area contributed by atoms with Crippen molar-refractivity contribution < 1.29 is 19.0 Å². The van der Waals surface area contributed by atoms with E-state index < -0.39 is 6.10 Å². The summed E-state index contributed by atoms with van der Waals surface area (Å²) in [5, 5.41) is 2.96. The third-order valence-electron chi connectivity index (χ3n) is 3.85. The molecule has 3 rings (SSSR count). The van der Waals surface area contributed by atoms with Crippen molar-refractivity contribution in [3.8, 4) is 17.2 Å². The van der Waals surface area contributed by atoms with Crippen LogP contribution in [0.4, 0.5) is 0 Å². The van der Waals surface area contributed by atoms with Crippen LogP contribution < -0.4 is 19.5 Å². The number of hydrogen-bond acceptors (Lipinski definition) is 4. The van der Waals surface area contributed by atoms with Crippen molar-refractivity contribution in [2.24, 2.45) is 0 Å². The van der Waals surface area contributed by atoms with Gasteiger partial charge >= 0.3 is 0 Å². The largest absolute Gasteiger partial charge is 0.486 e. The zero-order chi connectivity index (χ0) is 16.9. The molecule has 0 saturated heterocycles. The van der Waals surface area contributed by atoms with Crippen molar-refractivity contribution in [3.63, 3.8) is 0 Å². The van der Waals surface area contributed by atoms with Crippen LogP contribution >= 0.6 is 0 Å². The van der Waals surface area contributed by atoms with Crippen LogP contribution in [-0.4, -0.2) is 25.2 Å². The van der Waals surface area contributed by atoms with Gasteiger partial charge in [0, 0.05) is 0 Å². The number of amides is 1. The van der Waals surface area contributed by atoms with Crippen LogP contribution in [0.5, 0.6) is 17.2 Å². The van der Waals surface area contributed by atoms with Gasteiger partial charge in [0.2, 0.25) is 0 Å². The Labute approximate surface area is 141 Å². The molecule has 1 heterocycles. The number of carbonyl (C=O) groups excluding carboxylic acids is 1. The van der Waals surface area contributed by atoms with Crippen LogP contribution in [0.2, 0.25) is 0 Å². The van der Waals surface area contributed by atoms with Gasteiger partial charge in [0.05, 0.1) is 6.04 Å². The van der Waals surface area contributed by atoms with E-state index in [1.807, 2.05) is 55.5 Å². The van der Waals surface area contributed by atoms with E-state index in [1.54, 1.807) is 6.92 Å². The van der Waals surface area contributed by atoms with Gasteiger partial charge in [-0.1, -0.05) is 24.3 Å². The SMILES string of the molecule is C[C@@H](Oc1ccccc1)C(=O)N[C@H](C)c1ccc2c(c1)OCCO2. The maximum Gasteiger partial charge on any atom is 0.261 e. The van der Waals surface area contributed by atoms with Crippen LogP contribution in [0.3, 0.4) is 0 Å². The molecule has 1 amide bonds. The van der Waals surface area contributed by atoms with Crippen LogP contribution in [0.25, 0.3) is 0 Å². The van der Waals surface area contributed by atoms with Crippen molar-refractivity contribution >= 4 is 5.91 Å². The molecule has 126 valence electrons. The lowest BCUT2D eigenvalue weighted by Gasteiger charge is -2.22. The second-order valence-corrected chi connectivity index (χ2v) is 5.71. The summed E-state index contributed by atoms with van der Waals surface area (Å²) in [6.07, 6.45) is -0.577. The highest BCUT2D eigenvalue weighted by Crippen LogP contribution is 2.32. The molecule has 1 N–H and O–H groups in total. The number of hydrogen-bond donors (Lipinski definition) is 1. The van der Waals surface area contributed by atoms with Gasteiger partial charge in [-0.15, -0.1) is 0 Å². The molecule has 0 radical (unpaired) electrons. The molecule has 2 aromatic rings. The minimum absolute atomic E-state index is 0.157. The van der Waals surface area contributed by atoms with Crippen molar-refractivity contribution in [3.05, 3.63) is 54.1 Å². The molecule has 0 saturated carbocycles. The second-order valence-electron chi connectivity index (χ2n) is 5.71. The highest BCUT2D eigenvalue weighted by molar-refractivity contribution is 5.81. The number of benzene rings is 2. The quantitative estimate of drug-likeness (QED) is 0.917. The van der Waals surface area contributed by atoms with Crippen LogP contribution in [0.15, 0.2) is 48.5 Å². The first-order valence-electron chi connectivity index (χ1n) is 8.05. The minimum Gasteiger partial charge on any atom is -0.486 e. The predicted octanol–water partition coefficient (Wildman–Crippen LogP) is 3.10. The van der Waals surface area contributed by atoms with E-state index in [0.717, 1.165) is 11.3 Å². The summed E-state index contributed by atoms with van der Waals surface area (Å²) >= 11 is 0. The lowest BCUT2D eigenvalue weighted by atomic mass is 10.1. The molecule has 0 unspecified atom stereocenters. The Balaban J connectivity index is 1.61. The van der Waals surface area contributed by atoms with Gasteiger partial charge in [-0.2, -0.15) is 0 Å². The Kier molecular flexibility index (Phi) is 4.89. The molecular weight excluding hydrogens is 306 g/mol. The number of ether oxygens (including phenoxy) is 3. The summed E-state index contributed by atoms with van der Waals surface area (Å²) in [7, 11) is 0. The molecular formula is C19H21NO4. The van der Waals surface area contributed by atoms with E-state index in [-0.39, 0.29) is 11.9 Å². The maximum absolute atomic E-state index is 12.3. The molecule has 0 spiro atoms. The number of rotatable bonds is 5. The summed E-state index contributed by atoms with van der Waals surface area (Å²) in [5.74, 6) is 1.96. The molecule has 0 aromatic heterocycles. The molecule has 0 fully saturated rings. The van der Waals surface area contributed by atoms with Gasteiger partial charge in [-0.25, -0.2) is 0 Å². The summed E-state index contributed by atoms with van der Waals surface area (Å²) in [6, 6.07) is 14.9. The van der Waals surface area contributed by atoms with Crippen molar-refractivity contribution in [2.75, 3.05) is 13.2 Å². The predicted molar refractivity (Wildman–Crippen MR) is 90.5 cm³/mol. The van der Waals surface area contributed by atoms with E-state index in [2.05, 4.69) is 5.32 Å². The Morgan fingerprint density at radius 2 is 1.75 bits per heavy atom. The number of fused-ring (bicyclic) bond motifs is 1. The molecule has 0 bridgehead atoms. The van der Waals surface area contributed by atoms with E-state index in [9.17, 15) is 4.79 Å². The molecule has 2 aromatic carbocycles. The average molecular weight is 327 g/mol. The Morgan fingerprint density at radius 3 is 2.50 bits per heavy atom. The molecule has 5 nitrogen and oxygen atoms in total. The number of carbonyl (C=O) groups is 1. The third kappa shape index (κ3) is 3.79. The zero-order valence-electron chi connectivity index (χ0n) is 13.8. The highest BCUT2D eigenvalue weighted by Gasteiger charge is 2.19. The zero-order valence-corrected chi connectivity index (χ0v) is 13.8. The second kappa shape index (κ2) is 7.25. The monoisotopic (exact) mass is 327 g/mol. The van der Waals surface area contributed by atoms with Gasteiger partial charge < -0.3 is 19.5 Å². The Hall–Kier alpha value is -2.69. The summed E-state index contributed by atoms with van der Waals surface area (Å²) in [6.45, 7) is 4.77. The maximum atomic E-state index is 12.3.